The lowest BCUT2D eigenvalue weighted by Gasteiger charge is -2.43. The summed E-state index contributed by atoms with van der Waals surface area (Å²) in [7, 11) is -5.67. The van der Waals surface area contributed by atoms with Gasteiger partial charge >= 0.3 is 0 Å². The van der Waals surface area contributed by atoms with Gasteiger partial charge in [-0.25, -0.2) is 0 Å². The van der Waals surface area contributed by atoms with Gasteiger partial charge < -0.3 is 14.1 Å². The zero-order chi connectivity index (χ0) is 28.6. The molecule has 0 bridgehead atoms. The molecule has 0 unspecified atom stereocenters. The third-order valence-corrected chi connectivity index (χ3v) is 16.7. The van der Waals surface area contributed by atoms with Gasteiger partial charge in [0.15, 0.2) is 0 Å². The molecule has 4 aromatic rings. The first-order valence-corrected chi connectivity index (χ1v) is 18.0. The zero-order valence-corrected chi connectivity index (χ0v) is 26.1. The molecule has 4 rings (SSSR count). The van der Waals surface area contributed by atoms with E-state index in [-0.39, 0.29) is 10.7 Å². The van der Waals surface area contributed by atoms with E-state index in [4.69, 9.17) is 4.43 Å². The molecule has 210 valence electrons. The highest BCUT2D eigenvalue weighted by atomic mass is 31.2. The van der Waals surface area contributed by atoms with Gasteiger partial charge in [-0.05, 0) is 35.2 Å². The Morgan fingerprint density at radius 2 is 1.10 bits per heavy atom. The van der Waals surface area contributed by atoms with Gasteiger partial charge in [0.25, 0.3) is 8.32 Å². The molecule has 0 saturated heterocycles. The summed E-state index contributed by atoms with van der Waals surface area (Å²) < 4.78 is 22.0. The number of aliphatic hydroxyl groups is 1. The largest absolute Gasteiger partial charge is 0.407 e. The molecule has 0 spiro atoms. The average molecular weight is 571 g/mol. The topological polar surface area (TPSA) is 46.5 Å². The average Bonchev–Trinajstić information content (AvgIpc) is 2.97. The predicted molar refractivity (Wildman–Crippen MR) is 173 cm³/mol. The van der Waals surface area contributed by atoms with E-state index in [1.807, 2.05) is 60.7 Å². The van der Waals surface area contributed by atoms with Crippen LogP contribution in [0.3, 0.4) is 0 Å². The maximum absolute atomic E-state index is 14.9. The molecule has 0 aromatic heterocycles. The van der Waals surface area contributed by atoms with Crippen LogP contribution in [0.25, 0.3) is 0 Å². The molecule has 1 N–H and O–H groups in total. The fourth-order valence-corrected chi connectivity index (χ4v) is 14.1. The Hall–Kier alpha value is -2.75. The van der Waals surface area contributed by atoms with Gasteiger partial charge in [0.1, 0.15) is 7.14 Å². The number of aliphatic hydroxyl groups excluding tert-OH is 1. The monoisotopic (exact) mass is 570 g/mol. The molecule has 0 saturated carbocycles. The van der Waals surface area contributed by atoms with Crippen molar-refractivity contribution < 1.29 is 14.1 Å². The van der Waals surface area contributed by atoms with E-state index in [1.165, 1.54) is 10.4 Å². The summed E-state index contributed by atoms with van der Waals surface area (Å²) in [4.78, 5) is 0. The fraction of sp³-hybridized carbons (Fsp3) is 0.314. The summed E-state index contributed by atoms with van der Waals surface area (Å²) in [6.07, 6.45) is 1.60. The Balaban J connectivity index is 1.57. The van der Waals surface area contributed by atoms with Gasteiger partial charge in [-0.3, -0.25) is 0 Å². The number of hydrogen-bond donors (Lipinski definition) is 1. The molecule has 4 aromatic carbocycles. The molecular weight excluding hydrogens is 527 g/mol. The third kappa shape index (κ3) is 6.26. The summed E-state index contributed by atoms with van der Waals surface area (Å²) in [5.41, 5.74) is -0.370. The number of unbranched alkanes of at least 4 members (excludes halogenated alkanes) is 1. The summed E-state index contributed by atoms with van der Waals surface area (Å²) >= 11 is 0. The molecule has 0 aliphatic rings. The van der Waals surface area contributed by atoms with Crippen LogP contribution in [0.15, 0.2) is 121 Å². The van der Waals surface area contributed by atoms with Crippen LogP contribution in [-0.4, -0.2) is 31.8 Å². The smallest absolute Gasteiger partial charge is 0.261 e. The molecule has 0 amide bonds. The highest BCUT2D eigenvalue weighted by Gasteiger charge is 2.50. The van der Waals surface area contributed by atoms with E-state index in [1.54, 1.807) is 6.92 Å². The van der Waals surface area contributed by atoms with Crippen molar-refractivity contribution in [2.75, 3.05) is 6.61 Å². The standard InChI is InChI=1S/C35H43O3PSi/c1-29(36)34(39(37,30-19-9-5-10-20-30)31-21-11-6-12-22-31)27-17-18-28-38-40(35(2,3)4,32-23-13-7-14-24-32)33-25-15-8-16-26-33/h5-16,19-26,29,34,36H,17-18,27-28H2,1-4H3/t29-,34-/m0/s1. The molecule has 2 atom stereocenters. The van der Waals surface area contributed by atoms with E-state index in [9.17, 15) is 9.67 Å². The Kier molecular flexibility index (Phi) is 10.0. The molecule has 5 heteroatoms. The highest BCUT2D eigenvalue weighted by Crippen LogP contribution is 2.51. The van der Waals surface area contributed by atoms with Crippen molar-refractivity contribution in [3.05, 3.63) is 121 Å². The summed E-state index contributed by atoms with van der Waals surface area (Å²) in [5, 5.41) is 15.0. The second-order valence-electron chi connectivity index (χ2n) is 11.6. The first-order valence-electron chi connectivity index (χ1n) is 14.4. The lowest BCUT2D eigenvalue weighted by Crippen LogP contribution is -2.66. The van der Waals surface area contributed by atoms with E-state index < -0.39 is 21.6 Å². The number of hydrogen-bond acceptors (Lipinski definition) is 3. The van der Waals surface area contributed by atoms with Crippen LogP contribution in [0.5, 0.6) is 0 Å². The lowest BCUT2D eigenvalue weighted by molar-refractivity contribution is 0.181. The van der Waals surface area contributed by atoms with Crippen LogP contribution in [0.1, 0.15) is 47.0 Å². The van der Waals surface area contributed by atoms with Crippen molar-refractivity contribution in [1.82, 2.24) is 0 Å². The fourth-order valence-electron chi connectivity index (χ4n) is 6.00. The summed E-state index contributed by atoms with van der Waals surface area (Å²) in [6.45, 7) is 9.26. The number of benzene rings is 4. The van der Waals surface area contributed by atoms with Crippen molar-refractivity contribution in [3.8, 4) is 0 Å². The van der Waals surface area contributed by atoms with E-state index in [0.29, 0.717) is 13.0 Å². The van der Waals surface area contributed by atoms with Crippen LogP contribution in [0, 0.1) is 0 Å². The maximum Gasteiger partial charge on any atom is 0.261 e. The highest BCUT2D eigenvalue weighted by molar-refractivity contribution is 7.79. The molecule has 0 radical (unpaired) electrons. The van der Waals surface area contributed by atoms with Crippen LogP contribution in [-0.2, 0) is 8.99 Å². The van der Waals surface area contributed by atoms with Crippen molar-refractivity contribution >= 4 is 36.4 Å². The number of rotatable bonds is 12. The van der Waals surface area contributed by atoms with Crippen LogP contribution < -0.4 is 21.0 Å². The van der Waals surface area contributed by atoms with Gasteiger partial charge in [0.05, 0.1) is 6.10 Å². The Bertz CT molecular complexity index is 1270. The summed E-state index contributed by atoms with van der Waals surface area (Å²) in [5.74, 6) is 0. The molecule has 0 aliphatic carbocycles. The SMILES string of the molecule is C[C@H](O)[C@H](CCCCO[Si](c1ccccc1)(c1ccccc1)C(C)(C)C)P(=O)(c1ccccc1)c1ccccc1. The predicted octanol–water partition coefficient (Wildman–Crippen LogP) is 6.50. The molecule has 3 nitrogen and oxygen atoms in total. The minimum Gasteiger partial charge on any atom is -0.407 e. The van der Waals surface area contributed by atoms with Gasteiger partial charge in [-0.1, -0.05) is 149 Å². The van der Waals surface area contributed by atoms with Crippen molar-refractivity contribution in [1.29, 1.82) is 0 Å². The molecule has 40 heavy (non-hydrogen) atoms. The first kappa shape index (κ1) is 30.2. The van der Waals surface area contributed by atoms with Crippen molar-refractivity contribution in [2.45, 2.75) is 63.8 Å². The van der Waals surface area contributed by atoms with Crippen LogP contribution in [0.4, 0.5) is 0 Å². The molecule has 0 heterocycles. The van der Waals surface area contributed by atoms with Crippen molar-refractivity contribution in [3.63, 3.8) is 0 Å². The zero-order valence-electron chi connectivity index (χ0n) is 24.2. The Morgan fingerprint density at radius 1 is 0.700 bits per heavy atom. The normalized spacial score (nSPS) is 14.0. The van der Waals surface area contributed by atoms with E-state index in [0.717, 1.165) is 23.5 Å². The molecular formula is C35H43O3PSi. The molecule has 0 aliphatic heterocycles. The quantitative estimate of drug-likeness (QED) is 0.120. The van der Waals surface area contributed by atoms with E-state index >= 15 is 0 Å². The van der Waals surface area contributed by atoms with Gasteiger partial charge in [0.2, 0.25) is 0 Å². The third-order valence-electron chi connectivity index (χ3n) is 7.93. The lowest BCUT2D eigenvalue weighted by atomic mass is 10.1. The molecule has 0 fully saturated rings. The minimum absolute atomic E-state index is 0.0752. The van der Waals surface area contributed by atoms with Gasteiger partial charge in [0, 0.05) is 22.9 Å². The van der Waals surface area contributed by atoms with Crippen LogP contribution in [0.2, 0.25) is 5.04 Å². The second-order valence-corrected chi connectivity index (χ2v) is 19.0. The van der Waals surface area contributed by atoms with Gasteiger partial charge in [-0.2, -0.15) is 0 Å². The van der Waals surface area contributed by atoms with Crippen molar-refractivity contribution in [2.24, 2.45) is 0 Å². The first-order chi connectivity index (χ1) is 19.2. The van der Waals surface area contributed by atoms with Gasteiger partial charge in [-0.15, -0.1) is 0 Å². The minimum atomic E-state index is -3.08. The maximum atomic E-state index is 14.9. The van der Waals surface area contributed by atoms with E-state index in [2.05, 4.69) is 81.4 Å². The Labute approximate surface area is 241 Å². The Morgan fingerprint density at radius 3 is 1.48 bits per heavy atom. The second kappa shape index (κ2) is 13.3. The summed E-state index contributed by atoms with van der Waals surface area (Å²) in [6, 6.07) is 40.8. The van der Waals surface area contributed by atoms with Crippen LogP contribution >= 0.6 is 7.14 Å².